The summed E-state index contributed by atoms with van der Waals surface area (Å²) in [5.41, 5.74) is 4.14. The fourth-order valence-corrected chi connectivity index (χ4v) is 9.36. The number of nitrogens with zero attached hydrogens (tertiary/aromatic N) is 1. The van der Waals surface area contributed by atoms with Crippen LogP contribution >= 0.6 is 0 Å². The third-order valence-electron chi connectivity index (χ3n) is 8.84. The van der Waals surface area contributed by atoms with Gasteiger partial charge in [-0.2, -0.15) is 0 Å². The highest BCUT2D eigenvalue weighted by molar-refractivity contribution is 7.92. The van der Waals surface area contributed by atoms with Crippen molar-refractivity contribution < 1.29 is 27.1 Å². The van der Waals surface area contributed by atoms with Crippen molar-refractivity contribution in [2.24, 2.45) is 0 Å². The fraction of sp³-hybridized carbons (Fsp3) is 0.324. The predicted molar refractivity (Wildman–Crippen MR) is 195 cm³/mol. The Morgan fingerprint density at radius 2 is 1.56 bits per heavy atom. The van der Waals surface area contributed by atoms with Gasteiger partial charge in [0.05, 0.1) is 31.0 Å². The van der Waals surface area contributed by atoms with Gasteiger partial charge in [-0.25, -0.2) is 13.2 Å². The lowest BCUT2D eigenvalue weighted by atomic mass is 10.1. The molecule has 1 heterocycles. The van der Waals surface area contributed by atoms with Crippen molar-refractivity contribution >= 4 is 51.9 Å². The second-order valence-electron chi connectivity index (χ2n) is 12.1. The van der Waals surface area contributed by atoms with Gasteiger partial charge in [0.1, 0.15) is 19.0 Å². The molecular formula is C37H45N3O6SSi. The Morgan fingerprint density at radius 1 is 0.854 bits per heavy atom. The zero-order valence-corrected chi connectivity index (χ0v) is 29.9. The summed E-state index contributed by atoms with van der Waals surface area (Å²) in [5, 5.41) is 2.27. The zero-order valence-electron chi connectivity index (χ0n) is 28.1. The van der Waals surface area contributed by atoms with Gasteiger partial charge in [-0.05, 0) is 59.6 Å². The Balaban J connectivity index is 1.40. The summed E-state index contributed by atoms with van der Waals surface area (Å²) in [6.45, 7) is 7.27. The Bertz CT molecular complexity index is 1920. The summed E-state index contributed by atoms with van der Waals surface area (Å²) < 4.78 is 45.7. The number of para-hydroxylation sites is 1. The largest absolute Gasteiger partial charge is 0.492 e. The second-order valence-corrected chi connectivity index (χ2v) is 18.5. The quantitative estimate of drug-likeness (QED) is 0.101. The minimum absolute atomic E-state index is 0.130. The normalized spacial score (nSPS) is 12.6. The van der Waals surface area contributed by atoms with Crippen LogP contribution in [0.25, 0.3) is 21.8 Å². The number of hydrogen-bond donors (Lipinski definition) is 2. The second kappa shape index (κ2) is 15.7. The molecular weight excluding hydrogens is 643 g/mol. The van der Waals surface area contributed by atoms with E-state index in [9.17, 15) is 13.2 Å². The zero-order chi connectivity index (χ0) is 34.1. The van der Waals surface area contributed by atoms with Crippen LogP contribution < -0.4 is 9.46 Å². The van der Waals surface area contributed by atoms with Crippen molar-refractivity contribution in [3.63, 3.8) is 0 Å². The monoisotopic (exact) mass is 687 g/mol. The van der Waals surface area contributed by atoms with E-state index in [1.165, 1.54) is 0 Å². The molecule has 48 heavy (non-hydrogen) atoms. The topological polar surface area (TPSA) is 110 Å². The van der Waals surface area contributed by atoms with Crippen molar-refractivity contribution in [2.45, 2.75) is 51.6 Å². The molecule has 0 spiro atoms. The molecule has 2 N–H and O–H groups in total. The lowest BCUT2D eigenvalue weighted by molar-refractivity contribution is 0.0666. The molecule has 0 unspecified atom stereocenters. The first-order valence-electron chi connectivity index (χ1n) is 16.5. The van der Waals surface area contributed by atoms with Gasteiger partial charge in [-0.1, -0.05) is 81.4 Å². The molecule has 0 aliphatic carbocycles. The summed E-state index contributed by atoms with van der Waals surface area (Å²) in [4.78, 5) is 18.8. The van der Waals surface area contributed by atoms with Crippen LogP contribution in [0.15, 0.2) is 97.1 Å². The number of ether oxygens (including phenoxy) is 2. The molecule has 0 aliphatic rings. The van der Waals surface area contributed by atoms with E-state index in [4.69, 9.17) is 13.9 Å². The molecule has 1 amide bonds. The third kappa shape index (κ3) is 8.97. The van der Waals surface area contributed by atoms with Gasteiger partial charge in [0.15, 0.2) is 8.32 Å². The SMILES string of the molecule is CC[Si](CC)(CC)O[C@@H](CN(CCOc1ccc2c(c1)[nH]c1ccccc12)C(=O)OCc1ccccc1)c1cccc(NS(C)(=O)=O)c1. The van der Waals surface area contributed by atoms with E-state index in [1.54, 1.807) is 23.1 Å². The van der Waals surface area contributed by atoms with E-state index in [0.29, 0.717) is 11.4 Å². The molecule has 1 atom stereocenters. The maximum absolute atomic E-state index is 13.7. The molecule has 0 bridgehead atoms. The molecule has 4 aromatic carbocycles. The molecule has 0 aliphatic heterocycles. The summed E-state index contributed by atoms with van der Waals surface area (Å²) in [7, 11) is -5.66. The summed E-state index contributed by atoms with van der Waals surface area (Å²) in [6, 6.07) is 33.6. The van der Waals surface area contributed by atoms with E-state index in [2.05, 4.69) is 36.5 Å². The number of aromatic nitrogens is 1. The maximum Gasteiger partial charge on any atom is 0.410 e. The highest BCUT2D eigenvalue weighted by atomic mass is 32.2. The van der Waals surface area contributed by atoms with Gasteiger partial charge in [0, 0.05) is 28.0 Å². The Kier molecular flexibility index (Phi) is 11.5. The van der Waals surface area contributed by atoms with Crippen LogP contribution in [0.2, 0.25) is 18.1 Å². The predicted octanol–water partition coefficient (Wildman–Crippen LogP) is 8.47. The number of fused-ring (bicyclic) bond motifs is 3. The molecule has 0 fully saturated rings. The van der Waals surface area contributed by atoms with E-state index < -0.39 is 30.5 Å². The third-order valence-corrected chi connectivity index (χ3v) is 14.1. The number of H-pyrrole nitrogens is 1. The van der Waals surface area contributed by atoms with Crippen molar-refractivity contribution in [1.82, 2.24) is 9.88 Å². The number of hydrogen-bond acceptors (Lipinski definition) is 6. The number of sulfonamides is 1. The minimum Gasteiger partial charge on any atom is -0.492 e. The summed E-state index contributed by atoms with van der Waals surface area (Å²) in [5.74, 6) is 0.688. The number of aromatic amines is 1. The average molecular weight is 688 g/mol. The molecule has 0 saturated carbocycles. The summed E-state index contributed by atoms with van der Waals surface area (Å²) >= 11 is 0. The van der Waals surface area contributed by atoms with Gasteiger partial charge >= 0.3 is 6.09 Å². The first-order chi connectivity index (χ1) is 23.1. The van der Waals surface area contributed by atoms with Crippen LogP contribution in [-0.4, -0.2) is 58.7 Å². The van der Waals surface area contributed by atoms with Crippen LogP contribution in [-0.2, 0) is 25.8 Å². The molecule has 0 radical (unpaired) electrons. The number of anilines is 1. The van der Waals surface area contributed by atoms with Crippen LogP contribution in [0.3, 0.4) is 0 Å². The number of benzene rings is 4. The lowest BCUT2D eigenvalue weighted by Crippen LogP contribution is -2.43. The minimum atomic E-state index is -3.48. The number of nitrogens with one attached hydrogen (secondary N) is 2. The number of carbonyl (C=O) groups is 1. The highest BCUT2D eigenvalue weighted by Crippen LogP contribution is 2.32. The van der Waals surface area contributed by atoms with E-state index in [0.717, 1.165) is 57.3 Å². The Hall–Kier alpha value is -4.32. The Labute approximate surface area is 284 Å². The van der Waals surface area contributed by atoms with E-state index in [1.807, 2.05) is 72.8 Å². The highest BCUT2D eigenvalue weighted by Gasteiger charge is 2.34. The number of amides is 1. The molecule has 11 heteroatoms. The first kappa shape index (κ1) is 35.0. The molecule has 5 aromatic rings. The standard InChI is InChI=1S/C37H45N3O6SSi/c1-5-48(6-2,7-3)46-36(29-16-13-17-30(24-29)39-47(4,42)43)26-40(37(41)45-27-28-14-9-8-10-15-28)22-23-44-31-20-21-33-32-18-11-12-19-34(32)38-35(33)25-31/h8-21,24-25,36,38-39H,5-7,22-23,26-27H2,1-4H3/t36-/m0/s1. The van der Waals surface area contributed by atoms with Gasteiger partial charge in [0.25, 0.3) is 0 Å². The number of carbonyl (C=O) groups excluding carboxylic acids is 1. The first-order valence-corrected chi connectivity index (χ1v) is 20.9. The van der Waals surface area contributed by atoms with Gasteiger partial charge < -0.3 is 23.8 Å². The van der Waals surface area contributed by atoms with Crippen molar-refractivity contribution in [2.75, 3.05) is 30.7 Å². The van der Waals surface area contributed by atoms with Crippen molar-refractivity contribution in [3.8, 4) is 5.75 Å². The molecule has 254 valence electrons. The maximum atomic E-state index is 13.7. The van der Waals surface area contributed by atoms with Crippen molar-refractivity contribution in [1.29, 1.82) is 0 Å². The van der Waals surface area contributed by atoms with Gasteiger partial charge in [-0.3, -0.25) is 4.72 Å². The van der Waals surface area contributed by atoms with E-state index in [-0.39, 0.29) is 26.3 Å². The molecule has 5 rings (SSSR count). The van der Waals surface area contributed by atoms with Crippen LogP contribution in [0.4, 0.5) is 10.5 Å². The average Bonchev–Trinajstić information content (AvgIpc) is 3.46. The van der Waals surface area contributed by atoms with Gasteiger partial charge in [0.2, 0.25) is 10.0 Å². The smallest absolute Gasteiger partial charge is 0.410 e. The van der Waals surface area contributed by atoms with E-state index >= 15 is 0 Å². The Morgan fingerprint density at radius 3 is 2.29 bits per heavy atom. The molecule has 9 nitrogen and oxygen atoms in total. The van der Waals surface area contributed by atoms with Crippen LogP contribution in [0.1, 0.15) is 38.0 Å². The number of rotatable bonds is 16. The van der Waals surface area contributed by atoms with Crippen molar-refractivity contribution in [3.05, 3.63) is 108 Å². The van der Waals surface area contributed by atoms with Crippen LogP contribution in [0.5, 0.6) is 5.75 Å². The summed E-state index contributed by atoms with van der Waals surface area (Å²) in [6.07, 6.45) is 0.131. The molecule has 0 saturated heterocycles. The van der Waals surface area contributed by atoms with Gasteiger partial charge in [-0.15, -0.1) is 0 Å². The fourth-order valence-electron chi connectivity index (χ4n) is 5.99. The lowest BCUT2D eigenvalue weighted by Gasteiger charge is -2.36. The van der Waals surface area contributed by atoms with Crippen LogP contribution in [0, 0.1) is 0 Å². The molecule has 1 aromatic heterocycles.